The Morgan fingerprint density at radius 2 is 2.06 bits per heavy atom. The second kappa shape index (κ2) is 7.59. The molecule has 0 saturated heterocycles. The molecule has 0 aliphatic carbocycles. The van der Waals surface area contributed by atoms with E-state index in [1.807, 2.05) is 0 Å². The Kier molecular flexibility index (Phi) is 6.82. The Labute approximate surface area is 123 Å². The molecule has 17 heavy (non-hydrogen) atoms. The molecule has 0 radical (unpaired) electrons. The van der Waals surface area contributed by atoms with E-state index in [1.54, 1.807) is 0 Å². The maximum Gasteiger partial charge on any atom is 0.0542 e. The molecule has 1 aromatic rings. The molecule has 0 spiro atoms. The minimum Gasteiger partial charge on any atom is -0.310 e. The van der Waals surface area contributed by atoms with Gasteiger partial charge in [-0.2, -0.15) is 0 Å². The van der Waals surface area contributed by atoms with E-state index in [4.69, 9.17) is 11.6 Å². The molecule has 1 nitrogen and oxygen atoms in total. The average Bonchev–Trinajstić information content (AvgIpc) is 2.32. The Morgan fingerprint density at radius 1 is 1.35 bits per heavy atom. The van der Waals surface area contributed by atoms with Crippen molar-refractivity contribution in [1.29, 1.82) is 0 Å². The van der Waals surface area contributed by atoms with Crippen LogP contribution in [0.1, 0.15) is 45.2 Å². The maximum atomic E-state index is 6.19. The summed E-state index contributed by atoms with van der Waals surface area (Å²) in [5.74, 6) is 0.733. The summed E-state index contributed by atoms with van der Waals surface area (Å²) >= 11 is 8.46. The van der Waals surface area contributed by atoms with E-state index in [0.717, 1.165) is 21.1 Å². The highest BCUT2D eigenvalue weighted by Crippen LogP contribution is 2.27. The minimum atomic E-state index is 0.421. The van der Waals surface area contributed by atoms with E-state index in [2.05, 4.69) is 66.9 Å². The van der Waals surface area contributed by atoms with Gasteiger partial charge in [-0.05, 0) is 59.2 Å². The molecule has 0 aliphatic heterocycles. The van der Waals surface area contributed by atoms with Crippen molar-refractivity contribution in [2.75, 3.05) is 6.54 Å². The zero-order valence-corrected chi connectivity index (χ0v) is 13.7. The van der Waals surface area contributed by atoms with Crippen molar-refractivity contribution in [2.24, 2.45) is 5.92 Å². The molecule has 2 atom stereocenters. The Morgan fingerprint density at radius 3 is 2.59 bits per heavy atom. The fourth-order valence-corrected chi connectivity index (χ4v) is 2.41. The van der Waals surface area contributed by atoms with Crippen LogP contribution in [0.4, 0.5) is 0 Å². The monoisotopic (exact) mass is 365 g/mol. The molecular weight excluding hydrogens is 345 g/mol. The summed E-state index contributed by atoms with van der Waals surface area (Å²) in [6.07, 6.45) is 2.39. The summed E-state index contributed by atoms with van der Waals surface area (Å²) in [6, 6.07) is 6.80. The van der Waals surface area contributed by atoms with Crippen molar-refractivity contribution in [2.45, 2.75) is 39.7 Å². The summed E-state index contributed by atoms with van der Waals surface area (Å²) in [5.41, 5.74) is 1.30. The predicted octanol–water partition coefficient (Wildman–Crippen LogP) is 5.03. The van der Waals surface area contributed by atoms with E-state index >= 15 is 0 Å². The van der Waals surface area contributed by atoms with Crippen molar-refractivity contribution < 1.29 is 0 Å². The highest BCUT2D eigenvalue weighted by atomic mass is 127. The standard InChI is InChI=1S/C14H21ClIN/c1-4-10(3)8-14(17-5-2)11-6-7-13(16)12(15)9-11/h6-7,9-10,14,17H,4-5,8H2,1-3H3. The number of benzene rings is 1. The molecule has 0 bridgehead atoms. The van der Waals surface area contributed by atoms with Gasteiger partial charge in [-0.1, -0.05) is 44.9 Å². The minimum absolute atomic E-state index is 0.421. The number of halogens is 2. The summed E-state index contributed by atoms with van der Waals surface area (Å²) in [5, 5.41) is 4.41. The lowest BCUT2D eigenvalue weighted by atomic mass is 9.94. The SMILES string of the molecule is CCNC(CC(C)CC)c1ccc(I)c(Cl)c1. The van der Waals surface area contributed by atoms with Crippen LogP contribution in [-0.4, -0.2) is 6.54 Å². The van der Waals surface area contributed by atoms with Crippen LogP contribution in [0.3, 0.4) is 0 Å². The average molecular weight is 366 g/mol. The van der Waals surface area contributed by atoms with Crippen LogP contribution in [0.5, 0.6) is 0 Å². The van der Waals surface area contributed by atoms with Crippen LogP contribution in [0.15, 0.2) is 18.2 Å². The smallest absolute Gasteiger partial charge is 0.0542 e. The molecule has 0 amide bonds. The topological polar surface area (TPSA) is 12.0 Å². The molecule has 96 valence electrons. The zero-order chi connectivity index (χ0) is 12.8. The van der Waals surface area contributed by atoms with Gasteiger partial charge in [0.25, 0.3) is 0 Å². The molecule has 0 aliphatic rings. The number of nitrogens with one attached hydrogen (secondary N) is 1. The highest BCUT2D eigenvalue weighted by Gasteiger charge is 2.14. The number of hydrogen-bond donors (Lipinski definition) is 1. The lowest BCUT2D eigenvalue weighted by Gasteiger charge is -2.22. The quantitative estimate of drug-likeness (QED) is 0.697. The van der Waals surface area contributed by atoms with E-state index in [-0.39, 0.29) is 0 Å². The predicted molar refractivity (Wildman–Crippen MR) is 84.7 cm³/mol. The van der Waals surface area contributed by atoms with Crippen molar-refractivity contribution in [3.63, 3.8) is 0 Å². The maximum absolute atomic E-state index is 6.19. The third-order valence-electron chi connectivity index (χ3n) is 3.13. The first-order chi connectivity index (χ1) is 8.08. The van der Waals surface area contributed by atoms with Crippen LogP contribution in [0, 0.1) is 9.49 Å². The van der Waals surface area contributed by atoms with Crippen LogP contribution < -0.4 is 5.32 Å². The number of rotatable bonds is 6. The molecular formula is C14H21ClIN. The molecule has 1 aromatic carbocycles. The van der Waals surface area contributed by atoms with Gasteiger partial charge in [-0.25, -0.2) is 0 Å². The molecule has 0 aromatic heterocycles. The molecule has 1 N–H and O–H groups in total. The van der Waals surface area contributed by atoms with Crippen molar-refractivity contribution in [1.82, 2.24) is 5.32 Å². The fraction of sp³-hybridized carbons (Fsp3) is 0.571. The van der Waals surface area contributed by atoms with Crippen molar-refractivity contribution >= 4 is 34.2 Å². The molecule has 0 saturated carbocycles. The summed E-state index contributed by atoms with van der Waals surface area (Å²) in [6.45, 7) is 7.69. The molecule has 2 unspecified atom stereocenters. The Balaban J connectivity index is 2.84. The van der Waals surface area contributed by atoms with E-state index < -0.39 is 0 Å². The Bertz CT molecular complexity index is 354. The molecule has 0 heterocycles. The van der Waals surface area contributed by atoms with Crippen molar-refractivity contribution in [3.8, 4) is 0 Å². The van der Waals surface area contributed by atoms with Gasteiger partial charge in [0.2, 0.25) is 0 Å². The van der Waals surface area contributed by atoms with Crippen LogP contribution >= 0.6 is 34.2 Å². The first-order valence-corrected chi connectivity index (χ1v) is 7.72. The second-order valence-corrected chi connectivity index (χ2v) is 6.10. The molecule has 0 fully saturated rings. The summed E-state index contributed by atoms with van der Waals surface area (Å²) in [4.78, 5) is 0. The lowest BCUT2D eigenvalue weighted by Crippen LogP contribution is -2.22. The fourth-order valence-electron chi connectivity index (χ4n) is 1.88. The highest BCUT2D eigenvalue weighted by molar-refractivity contribution is 14.1. The van der Waals surface area contributed by atoms with Gasteiger partial charge in [0, 0.05) is 9.61 Å². The van der Waals surface area contributed by atoms with Gasteiger partial charge in [0.1, 0.15) is 0 Å². The molecule has 1 rings (SSSR count). The molecule has 3 heteroatoms. The lowest BCUT2D eigenvalue weighted by molar-refractivity contribution is 0.408. The first-order valence-electron chi connectivity index (χ1n) is 6.26. The largest absolute Gasteiger partial charge is 0.310 e. The van der Waals surface area contributed by atoms with Gasteiger partial charge in [0.05, 0.1) is 5.02 Å². The van der Waals surface area contributed by atoms with Gasteiger partial charge >= 0.3 is 0 Å². The van der Waals surface area contributed by atoms with Gasteiger partial charge in [0.15, 0.2) is 0 Å². The Hall–Kier alpha value is 0.200. The zero-order valence-electron chi connectivity index (χ0n) is 10.8. The normalized spacial score (nSPS) is 14.6. The van der Waals surface area contributed by atoms with Crippen LogP contribution in [-0.2, 0) is 0 Å². The summed E-state index contributed by atoms with van der Waals surface area (Å²) < 4.78 is 1.12. The van der Waals surface area contributed by atoms with Crippen LogP contribution in [0.25, 0.3) is 0 Å². The third kappa shape index (κ3) is 4.76. The van der Waals surface area contributed by atoms with Crippen molar-refractivity contribution in [3.05, 3.63) is 32.4 Å². The van der Waals surface area contributed by atoms with Gasteiger partial charge in [-0.15, -0.1) is 0 Å². The third-order valence-corrected chi connectivity index (χ3v) is 4.70. The number of hydrogen-bond acceptors (Lipinski definition) is 1. The van der Waals surface area contributed by atoms with Gasteiger partial charge in [-0.3, -0.25) is 0 Å². The van der Waals surface area contributed by atoms with E-state index in [9.17, 15) is 0 Å². The first kappa shape index (κ1) is 15.3. The van der Waals surface area contributed by atoms with Gasteiger partial charge < -0.3 is 5.32 Å². The second-order valence-electron chi connectivity index (χ2n) is 4.53. The summed E-state index contributed by atoms with van der Waals surface area (Å²) in [7, 11) is 0. The van der Waals surface area contributed by atoms with E-state index in [1.165, 1.54) is 18.4 Å². The van der Waals surface area contributed by atoms with Crippen LogP contribution in [0.2, 0.25) is 5.02 Å². The van der Waals surface area contributed by atoms with E-state index in [0.29, 0.717) is 6.04 Å².